The fourth-order valence-corrected chi connectivity index (χ4v) is 3.79. The summed E-state index contributed by atoms with van der Waals surface area (Å²) < 4.78 is 31.8. The molecule has 0 radical (unpaired) electrons. The summed E-state index contributed by atoms with van der Waals surface area (Å²) in [6.45, 7) is 13.9. The lowest BCUT2D eigenvalue weighted by Gasteiger charge is -2.33. The second-order valence-corrected chi connectivity index (χ2v) is 10.6. The predicted molar refractivity (Wildman–Crippen MR) is 120 cm³/mol. The van der Waals surface area contributed by atoms with Crippen LogP contribution in [0.1, 0.15) is 71.7 Å². The molecule has 2 fully saturated rings. The van der Waals surface area contributed by atoms with Crippen LogP contribution >= 0.6 is 0 Å². The van der Waals surface area contributed by atoms with E-state index < -0.39 is 35.8 Å². The number of benzene rings is 1. The number of carbonyl (C=O) groups is 2. The van der Waals surface area contributed by atoms with Gasteiger partial charge in [0.25, 0.3) is 5.91 Å². The number of hydrogen-bond donors (Lipinski definition) is 1. The van der Waals surface area contributed by atoms with Crippen LogP contribution in [0.2, 0.25) is 0 Å². The molecule has 7 nitrogen and oxygen atoms in total. The van der Waals surface area contributed by atoms with Gasteiger partial charge in [0, 0.05) is 24.7 Å². The zero-order chi connectivity index (χ0) is 23.9. The summed E-state index contributed by atoms with van der Waals surface area (Å²) in [4.78, 5) is 26.9. The van der Waals surface area contributed by atoms with Crippen LogP contribution in [0.15, 0.2) is 18.2 Å². The van der Waals surface area contributed by atoms with Crippen molar-refractivity contribution in [2.75, 3.05) is 13.1 Å². The molecule has 32 heavy (non-hydrogen) atoms. The molecule has 0 bridgehead atoms. The summed E-state index contributed by atoms with van der Waals surface area (Å²) in [6, 6.07) is 3.96. The molecule has 2 saturated heterocycles. The minimum atomic E-state index is -0.759. The third-order valence-corrected chi connectivity index (χ3v) is 6.12. The van der Waals surface area contributed by atoms with E-state index in [1.165, 1.54) is 12.1 Å². The van der Waals surface area contributed by atoms with Crippen LogP contribution in [-0.2, 0) is 14.0 Å². The van der Waals surface area contributed by atoms with E-state index in [1.54, 1.807) is 31.7 Å². The van der Waals surface area contributed by atoms with Gasteiger partial charge in [-0.3, -0.25) is 4.79 Å². The highest BCUT2D eigenvalue weighted by molar-refractivity contribution is 6.62. The van der Waals surface area contributed by atoms with Crippen molar-refractivity contribution in [2.24, 2.45) is 0 Å². The fourth-order valence-electron chi connectivity index (χ4n) is 3.79. The third-order valence-electron chi connectivity index (χ3n) is 6.12. The van der Waals surface area contributed by atoms with Gasteiger partial charge in [-0.1, -0.05) is 0 Å². The molecule has 0 saturated carbocycles. The van der Waals surface area contributed by atoms with Crippen LogP contribution in [0.25, 0.3) is 0 Å². The molecule has 0 aromatic heterocycles. The smallest absolute Gasteiger partial charge is 0.444 e. The molecule has 1 aromatic carbocycles. The number of likely N-dealkylation sites (tertiary alicyclic amines) is 1. The first-order valence-electron chi connectivity index (χ1n) is 11.1. The van der Waals surface area contributed by atoms with Crippen molar-refractivity contribution < 1.29 is 28.0 Å². The Kier molecular flexibility index (Phi) is 6.64. The monoisotopic (exact) mass is 448 g/mol. The summed E-state index contributed by atoms with van der Waals surface area (Å²) in [5, 5.41) is 2.83. The van der Waals surface area contributed by atoms with Gasteiger partial charge in [0.2, 0.25) is 0 Å². The summed E-state index contributed by atoms with van der Waals surface area (Å²) in [5.74, 6) is -0.820. The van der Waals surface area contributed by atoms with Crippen LogP contribution in [0.5, 0.6) is 0 Å². The second-order valence-electron chi connectivity index (χ2n) is 10.6. The normalized spacial score (nSPS) is 22.6. The lowest BCUT2D eigenvalue weighted by atomic mass is 9.78. The Morgan fingerprint density at radius 2 is 1.78 bits per heavy atom. The number of carbonyl (C=O) groups excluding carboxylic acids is 2. The Bertz CT molecular complexity index is 868. The molecular formula is C23H34BFN2O5. The largest absolute Gasteiger partial charge is 0.494 e. The Morgan fingerprint density at radius 3 is 2.38 bits per heavy atom. The zero-order valence-electron chi connectivity index (χ0n) is 20.1. The molecule has 9 heteroatoms. The van der Waals surface area contributed by atoms with Crippen LogP contribution in [0, 0.1) is 5.82 Å². The van der Waals surface area contributed by atoms with E-state index in [9.17, 15) is 14.0 Å². The van der Waals surface area contributed by atoms with Crippen molar-refractivity contribution in [3.8, 4) is 0 Å². The molecule has 0 spiro atoms. The Hall–Kier alpha value is -2.13. The quantitative estimate of drug-likeness (QED) is 0.719. The van der Waals surface area contributed by atoms with E-state index in [2.05, 4.69) is 5.32 Å². The van der Waals surface area contributed by atoms with Gasteiger partial charge in [0.1, 0.15) is 11.4 Å². The number of ether oxygens (including phenoxy) is 1. The molecule has 3 rings (SSSR count). The van der Waals surface area contributed by atoms with Crippen LogP contribution in [-0.4, -0.2) is 60.0 Å². The maximum absolute atomic E-state index is 14.4. The molecule has 2 aliphatic rings. The van der Waals surface area contributed by atoms with Gasteiger partial charge in [0.15, 0.2) is 0 Å². The van der Waals surface area contributed by atoms with Crippen molar-refractivity contribution in [3.63, 3.8) is 0 Å². The van der Waals surface area contributed by atoms with Crippen LogP contribution in [0.4, 0.5) is 9.18 Å². The van der Waals surface area contributed by atoms with Gasteiger partial charge >= 0.3 is 13.2 Å². The molecule has 176 valence electrons. The Labute approximate surface area is 190 Å². The molecule has 2 aliphatic heterocycles. The summed E-state index contributed by atoms with van der Waals surface area (Å²) in [7, 11) is -0.759. The van der Waals surface area contributed by atoms with Crippen LogP contribution < -0.4 is 10.8 Å². The van der Waals surface area contributed by atoms with Crippen molar-refractivity contribution in [1.82, 2.24) is 10.2 Å². The zero-order valence-corrected chi connectivity index (χ0v) is 20.1. The van der Waals surface area contributed by atoms with Crippen LogP contribution in [0.3, 0.4) is 0 Å². The summed E-state index contributed by atoms with van der Waals surface area (Å²) >= 11 is 0. The topological polar surface area (TPSA) is 77.1 Å². The Morgan fingerprint density at radius 1 is 1.16 bits per heavy atom. The van der Waals surface area contributed by atoms with E-state index in [4.69, 9.17) is 14.0 Å². The SMILES string of the molecule is CC(C)(C)OC(=O)NC1CCCN(C(=O)c2cc(F)cc(B3OC(C)(C)C(C)(C)O3)c2)C1. The average molecular weight is 448 g/mol. The number of nitrogens with zero attached hydrogens (tertiary/aromatic N) is 1. The first-order valence-corrected chi connectivity index (χ1v) is 11.1. The highest BCUT2D eigenvalue weighted by Gasteiger charge is 2.52. The number of hydrogen-bond acceptors (Lipinski definition) is 5. The van der Waals surface area contributed by atoms with Gasteiger partial charge in [0.05, 0.1) is 11.2 Å². The molecule has 2 amide bonds. The van der Waals surface area contributed by atoms with Gasteiger partial charge in [-0.25, -0.2) is 9.18 Å². The molecular weight excluding hydrogens is 414 g/mol. The van der Waals surface area contributed by atoms with E-state index in [-0.39, 0.29) is 17.5 Å². The molecule has 1 N–H and O–H groups in total. The molecule has 0 aliphatic carbocycles. The summed E-state index contributed by atoms with van der Waals surface area (Å²) in [6.07, 6.45) is 0.960. The van der Waals surface area contributed by atoms with E-state index >= 15 is 0 Å². The lowest BCUT2D eigenvalue weighted by Crippen LogP contribution is -2.50. The standard InChI is InChI=1S/C23H34BFN2O5/c1-21(2,3)30-20(29)26-18-9-8-10-27(14-18)19(28)15-11-16(13-17(25)12-15)24-31-22(4,5)23(6,7)32-24/h11-13,18H,8-10,14H2,1-7H3,(H,26,29). The lowest BCUT2D eigenvalue weighted by molar-refractivity contribution is 0.00578. The highest BCUT2D eigenvalue weighted by Crippen LogP contribution is 2.36. The van der Waals surface area contributed by atoms with Gasteiger partial charge in [-0.15, -0.1) is 0 Å². The van der Waals surface area contributed by atoms with E-state index in [0.717, 1.165) is 12.8 Å². The molecule has 1 aromatic rings. The average Bonchev–Trinajstić information content (AvgIpc) is 2.86. The number of nitrogens with one attached hydrogen (secondary N) is 1. The molecule has 1 unspecified atom stereocenters. The minimum Gasteiger partial charge on any atom is -0.444 e. The van der Waals surface area contributed by atoms with Crippen molar-refractivity contribution in [1.29, 1.82) is 0 Å². The van der Waals surface area contributed by atoms with E-state index in [0.29, 0.717) is 18.6 Å². The first-order chi connectivity index (χ1) is 14.7. The van der Waals surface area contributed by atoms with Gasteiger partial charge < -0.3 is 24.3 Å². The van der Waals surface area contributed by atoms with Crippen molar-refractivity contribution in [3.05, 3.63) is 29.6 Å². The predicted octanol–water partition coefficient (Wildman–Crippen LogP) is 3.25. The highest BCUT2D eigenvalue weighted by atomic mass is 19.1. The van der Waals surface area contributed by atoms with E-state index in [1.807, 2.05) is 27.7 Å². The number of rotatable bonds is 3. The van der Waals surface area contributed by atoms with Crippen molar-refractivity contribution >= 4 is 24.6 Å². The number of halogens is 1. The fraction of sp³-hybridized carbons (Fsp3) is 0.652. The number of amides is 2. The summed E-state index contributed by atoms with van der Waals surface area (Å²) in [5.41, 5.74) is -1.04. The second kappa shape index (κ2) is 8.67. The third kappa shape index (κ3) is 5.62. The number of piperidine rings is 1. The maximum atomic E-state index is 14.4. The van der Waals surface area contributed by atoms with Gasteiger partial charge in [-0.05, 0) is 85.0 Å². The maximum Gasteiger partial charge on any atom is 0.494 e. The first kappa shape index (κ1) is 24.5. The van der Waals surface area contributed by atoms with Gasteiger partial charge in [-0.2, -0.15) is 0 Å². The van der Waals surface area contributed by atoms with Crippen molar-refractivity contribution in [2.45, 2.75) is 84.2 Å². The number of alkyl carbamates (subject to hydrolysis) is 1. The minimum absolute atomic E-state index is 0.223. The molecule has 1 atom stereocenters. The molecule has 2 heterocycles. The Balaban J connectivity index is 1.72.